The maximum atomic E-state index is 13.4. The van der Waals surface area contributed by atoms with Crippen molar-refractivity contribution >= 4 is 34.7 Å². The fourth-order valence-corrected chi connectivity index (χ4v) is 4.17. The van der Waals surface area contributed by atoms with Crippen LogP contribution in [0.1, 0.15) is 22.7 Å². The number of alkyl halides is 3. The summed E-state index contributed by atoms with van der Waals surface area (Å²) >= 11 is 6.14. The van der Waals surface area contributed by atoms with E-state index in [9.17, 15) is 33.0 Å². The minimum absolute atomic E-state index is 0.0861. The zero-order valence-electron chi connectivity index (χ0n) is 18.0. The van der Waals surface area contributed by atoms with Gasteiger partial charge in [0.25, 0.3) is 11.7 Å². The number of anilines is 1. The minimum atomic E-state index is -4.69. The van der Waals surface area contributed by atoms with Gasteiger partial charge in [-0.2, -0.15) is 13.2 Å². The van der Waals surface area contributed by atoms with Crippen LogP contribution < -0.4 is 9.64 Å². The number of amides is 1. The summed E-state index contributed by atoms with van der Waals surface area (Å²) in [7, 11) is 1.39. The van der Waals surface area contributed by atoms with Crippen molar-refractivity contribution in [2.75, 3.05) is 12.0 Å². The zero-order valence-corrected chi connectivity index (χ0v) is 18.8. The maximum Gasteiger partial charge on any atom is 0.416 e. The van der Waals surface area contributed by atoms with Crippen LogP contribution in [0, 0.1) is 0 Å². The highest BCUT2D eigenvalue weighted by Crippen LogP contribution is 2.44. The van der Waals surface area contributed by atoms with Crippen LogP contribution >= 0.6 is 11.6 Å². The van der Waals surface area contributed by atoms with Crippen LogP contribution in [0.15, 0.2) is 72.3 Å². The van der Waals surface area contributed by atoms with Crippen LogP contribution in [-0.2, 0) is 15.8 Å². The van der Waals surface area contributed by atoms with Gasteiger partial charge in [0.05, 0.1) is 29.3 Å². The van der Waals surface area contributed by atoms with Crippen molar-refractivity contribution in [1.82, 2.24) is 0 Å². The second-order valence-electron chi connectivity index (χ2n) is 7.66. The molecular weight excluding hydrogens is 487 g/mol. The molecule has 0 radical (unpaired) electrons. The number of hydrogen-bond acceptors (Lipinski definition) is 5. The Labute approximate surface area is 202 Å². The number of benzene rings is 3. The number of aliphatic hydroxyl groups is 1. The molecule has 1 atom stereocenters. The summed E-state index contributed by atoms with van der Waals surface area (Å²) in [4.78, 5) is 27.1. The van der Waals surface area contributed by atoms with Gasteiger partial charge in [-0.3, -0.25) is 14.5 Å². The van der Waals surface area contributed by atoms with Gasteiger partial charge in [0.15, 0.2) is 0 Å². The van der Waals surface area contributed by atoms with Crippen LogP contribution in [0.3, 0.4) is 0 Å². The smallest absolute Gasteiger partial charge is 0.416 e. The lowest BCUT2D eigenvalue weighted by Gasteiger charge is -2.26. The molecule has 6 nitrogen and oxygen atoms in total. The minimum Gasteiger partial charge on any atom is -0.508 e. The quantitative estimate of drug-likeness (QED) is 0.271. The number of aromatic hydroxyl groups is 1. The van der Waals surface area contributed by atoms with E-state index >= 15 is 0 Å². The van der Waals surface area contributed by atoms with Crippen molar-refractivity contribution in [2.24, 2.45) is 0 Å². The molecule has 0 aromatic heterocycles. The molecule has 0 bridgehead atoms. The molecule has 10 heteroatoms. The van der Waals surface area contributed by atoms with Crippen molar-refractivity contribution in [2.45, 2.75) is 12.2 Å². The topological polar surface area (TPSA) is 87.1 Å². The van der Waals surface area contributed by atoms with Crippen LogP contribution in [0.2, 0.25) is 5.02 Å². The number of Topliss-reactive ketones (excluding diaryl/α,β-unsaturated/α-hetero) is 1. The van der Waals surface area contributed by atoms with Crippen LogP contribution in [0.4, 0.5) is 18.9 Å². The highest BCUT2D eigenvalue weighted by molar-refractivity contribution is 6.51. The van der Waals surface area contributed by atoms with Gasteiger partial charge in [0.2, 0.25) is 0 Å². The fraction of sp³-hybridized carbons (Fsp3) is 0.120. The van der Waals surface area contributed by atoms with Gasteiger partial charge >= 0.3 is 6.18 Å². The molecule has 1 fully saturated rings. The van der Waals surface area contributed by atoms with Crippen LogP contribution in [-0.4, -0.2) is 29.0 Å². The van der Waals surface area contributed by atoms with Crippen molar-refractivity contribution < 1.29 is 37.7 Å². The van der Waals surface area contributed by atoms with Gasteiger partial charge in [0, 0.05) is 11.3 Å². The van der Waals surface area contributed by atoms with Crippen molar-refractivity contribution in [3.8, 4) is 11.5 Å². The van der Waals surface area contributed by atoms with Gasteiger partial charge in [0.1, 0.15) is 17.3 Å². The normalized spacial score (nSPS) is 17.6. The van der Waals surface area contributed by atoms with E-state index in [1.54, 1.807) is 0 Å². The number of ether oxygens (including phenoxy) is 1. The average molecular weight is 504 g/mol. The molecule has 4 rings (SSSR count). The first kappa shape index (κ1) is 24.2. The maximum absolute atomic E-state index is 13.4. The number of halogens is 4. The Bertz CT molecular complexity index is 1370. The van der Waals surface area contributed by atoms with Crippen molar-refractivity contribution in [1.29, 1.82) is 0 Å². The second kappa shape index (κ2) is 8.99. The third-order valence-corrected chi connectivity index (χ3v) is 5.80. The third-order valence-electron chi connectivity index (χ3n) is 5.51. The summed E-state index contributed by atoms with van der Waals surface area (Å²) in [5, 5.41) is 21.2. The van der Waals surface area contributed by atoms with Gasteiger partial charge < -0.3 is 14.9 Å². The van der Waals surface area contributed by atoms with E-state index in [0.29, 0.717) is 5.75 Å². The van der Waals surface area contributed by atoms with Crippen LogP contribution in [0.25, 0.3) is 5.76 Å². The Morgan fingerprint density at radius 3 is 2.37 bits per heavy atom. The number of aliphatic hydroxyl groups excluding tert-OH is 1. The summed E-state index contributed by atoms with van der Waals surface area (Å²) in [6.07, 6.45) is -4.69. The fourth-order valence-electron chi connectivity index (χ4n) is 3.91. The van der Waals surface area contributed by atoms with E-state index in [-0.39, 0.29) is 33.2 Å². The van der Waals surface area contributed by atoms with Crippen LogP contribution in [0.5, 0.6) is 11.5 Å². The SMILES string of the molecule is COc1ccc(/C(O)=C2\C(=O)C(=O)N(c3cccc(C(F)(F)F)c3)C2c2cccc(O)c2)cc1Cl. The predicted octanol–water partition coefficient (Wildman–Crippen LogP) is 5.70. The monoisotopic (exact) mass is 503 g/mol. The lowest BCUT2D eigenvalue weighted by atomic mass is 9.95. The zero-order chi connectivity index (χ0) is 25.5. The molecule has 3 aromatic carbocycles. The second-order valence-corrected chi connectivity index (χ2v) is 8.07. The molecule has 3 aromatic rings. The Morgan fingerprint density at radius 1 is 1.03 bits per heavy atom. The summed E-state index contributed by atoms with van der Waals surface area (Å²) in [5.41, 5.74) is -1.32. The van der Waals surface area contributed by atoms with E-state index in [1.165, 1.54) is 55.6 Å². The third kappa shape index (κ3) is 4.42. The summed E-state index contributed by atoms with van der Waals surface area (Å²) in [6, 6.07) is 12.3. The number of phenols is 1. The average Bonchev–Trinajstić information content (AvgIpc) is 3.08. The Balaban J connectivity index is 1.95. The molecule has 1 heterocycles. The molecule has 1 unspecified atom stereocenters. The molecule has 1 saturated heterocycles. The Kier molecular flexibility index (Phi) is 6.21. The molecule has 0 spiro atoms. The van der Waals surface area contributed by atoms with Gasteiger partial charge in [-0.1, -0.05) is 29.8 Å². The Morgan fingerprint density at radius 2 is 1.74 bits per heavy atom. The van der Waals surface area contributed by atoms with E-state index < -0.39 is 35.2 Å². The molecule has 180 valence electrons. The Hall–Kier alpha value is -3.98. The summed E-state index contributed by atoms with van der Waals surface area (Å²) < 4.78 is 45.1. The number of hydrogen-bond donors (Lipinski definition) is 2. The first-order chi connectivity index (χ1) is 16.5. The standard InChI is InChI=1S/C25H17ClF3NO5/c1-35-19-9-8-14(11-18(19)26)22(32)20-21(13-4-2-7-17(31)10-13)30(24(34)23(20)33)16-6-3-5-15(12-16)25(27,28)29/h2-12,21,31-32H,1H3/b22-20+. The van der Waals surface area contributed by atoms with E-state index in [1.807, 2.05) is 0 Å². The molecule has 1 amide bonds. The van der Waals surface area contributed by atoms with Gasteiger partial charge in [-0.05, 0) is 54.1 Å². The number of ketones is 1. The predicted molar refractivity (Wildman–Crippen MR) is 122 cm³/mol. The van der Waals surface area contributed by atoms with E-state index in [4.69, 9.17) is 16.3 Å². The first-order valence-corrected chi connectivity index (χ1v) is 10.5. The van der Waals surface area contributed by atoms with Crippen molar-refractivity contribution in [3.63, 3.8) is 0 Å². The highest BCUT2D eigenvalue weighted by Gasteiger charge is 2.47. The lowest BCUT2D eigenvalue weighted by molar-refractivity contribution is -0.137. The first-order valence-electron chi connectivity index (χ1n) is 10.1. The lowest BCUT2D eigenvalue weighted by Crippen LogP contribution is -2.29. The van der Waals surface area contributed by atoms with Gasteiger partial charge in [-0.15, -0.1) is 0 Å². The number of rotatable bonds is 4. The largest absolute Gasteiger partial charge is 0.508 e. The molecule has 1 aliphatic heterocycles. The number of methoxy groups -OCH3 is 1. The number of nitrogens with zero attached hydrogens (tertiary/aromatic N) is 1. The number of phenolic OH excluding ortho intramolecular Hbond substituents is 1. The number of carbonyl (C=O) groups is 2. The van der Waals surface area contributed by atoms with Crippen molar-refractivity contribution in [3.05, 3.63) is 94.0 Å². The van der Waals surface area contributed by atoms with E-state index in [2.05, 4.69) is 0 Å². The molecular formula is C25H17ClF3NO5. The highest BCUT2D eigenvalue weighted by atomic mass is 35.5. The number of carbonyl (C=O) groups excluding carboxylic acids is 2. The molecule has 0 saturated carbocycles. The van der Waals surface area contributed by atoms with Gasteiger partial charge in [-0.25, -0.2) is 0 Å². The molecule has 35 heavy (non-hydrogen) atoms. The molecule has 0 aliphatic carbocycles. The summed E-state index contributed by atoms with van der Waals surface area (Å²) in [5.74, 6) is -2.74. The summed E-state index contributed by atoms with van der Waals surface area (Å²) in [6.45, 7) is 0. The van der Waals surface area contributed by atoms with E-state index in [0.717, 1.165) is 23.1 Å². The molecule has 2 N–H and O–H groups in total. The molecule has 1 aliphatic rings.